The minimum atomic E-state index is 0.110. The molecule has 0 spiro atoms. The van der Waals surface area contributed by atoms with E-state index in [-0.39, 0.29) is 11.6 Å². The zero-order valence-electron chi connectivity index (χ0n) is 16.9. The van der Waals surface area contributed by atoms with Gasteiger partial charge in [-0.3, -0.25) is 5.32 Å². The van der Waals surface area contributed by atoms with Crippen LogP contribution in [-0.2, 0) is 0 Å². The first-order valence-corrected chi connectivity index (χ1v) is 10.9. The molecule has 1 heterocycles. The van der Waals surface area contributed by atoms with Gasteiger partial charge in [-0.25, -0.2) is 0 Å². The average Bonchev–Trinajstić information content (AvgIpc) is 2.90. The highest BCUT2D eigenvalue weighted by atomic mass is 32.2. The molecule has 2 aromatic rings. The normalized spacial score (nSPS) is 22.0. The van der Waals surface area contributed by atoms with Gasteiger partial charge in [0.25, 0.3) is 0 Å². The van der Waals surface area contributed by atoms with E-state index in [1.165, 1.54) is 35.3 Å². The summed E-state index contributed by atoms with van der Waals surface area (Å²) in [6, 6.07) is 15.1. The quantitative estimate of drug-likeness (QED) is 0.650. The van der Waals surface area contributed by atoms with Gasteiger partial charge >= 0.3 is 0 Å². The molecule has 2 aromatic carbocycles. The standard InChI is InChI=1S/C23H31NO2S/c1-5-7-15-23(6-2)16-27-22-18(13-14-19(25-3)21(22)26-4)20(24-23)17-11-9-8-10-12-17/h8-14,20,24H,5-7,15-16H2,1-4H3. The van der Waals surface area contributed by atoms with Crippen LogP contribution in [0, 0.1) is 0 Å². The molecule has 1 N–H and O–H groups in total. The number of hydrogen-bond donors (Lipinski definition) is 1. The lowest BCUT2D eigenvalue weighted by Crippen LogP contribution is -2.48. The third kappa shape index (κ3) is 4.12. The first-order chi connectivity index (χ1) is 13.2. The third-order valence-corrected chi connectivity index (χ3v) is 7.01. The van der Waals surface area contributed by atoms with Gasteiger partial charge in [0.1, 0.15) is 0 Å². The van der Waals surface area contributed by atoms with E-state index < -0.39 is 0 Å². The van der Waals surface area contributed by atoms with Gasteiger partial charge in [0.2, 0.25) is 0 Å². The molecule has 1 aliphatic rings. The van der Waals surface area contributed by atoms with E-state index in [0.29, 0.717) is 0 Å². The lowest BCUT2D eigenvalue weighted by Gasteiger charge is -2.36. The molecule has 2 unspecified atom stereocenters. The molecular weight excluding hydrogens is 354 g/mol. The van der Waals surface area contributed by atoms with Gasteiger partial charge in [0, 0.05) is 11.3 Å². The molecule has 4 heteroatoms. The highest BCUT2D eigenvalue weighted by Gasteiger charge is 2.37. The van der Waals surface area contributed by atoms with E-state index in [1.54, 1.807) is 14.2 Å². The second-order valence-electron chi connectivity index (χ2n) is 7.23. The van der Waals surface area contributed by atoms with Crippen LogP contribution in [0.3, 0.4) is 0 Å². The second kappa shape index (κ2) is 9.03. The molecule has 3 nitrogen and oxygen atoms in total. The Bertz CT molecular complexity index is 750. The summed E-state index contributed by atoms with van der Waals surface area (Å²) in [6.45, 7) is 4.57. The van der Waals surface area contributed by atoms with Crippen molar-refractivity contribution in [3.63, 3.8) is 0 Å². The van der Waals surface area contributed by atoms with Gasteiger partial charge in [-0.05, 0) is 30.0 Å². The van der Waals surface area contributed by atoms with E-state index in [0.717, 1.165) is 23.7 Å². The van der Waals surface area contributed by atoms with Gasteiger partial charge < -0.3 is 9.47 Å². The molecule has 0 saturated heterocycles. The molecule has 0 radical (unpaired) electrons. The summed E-state index contributed by atoms with van der Waals surface area (Å²) < 4.78 is 11.4. The van der Waals surface area contributed by atoms with Gasteiger partial charge in [0.05, 0.1) is 25.2 Å². The topological polar surface area (TPSA) is 30.5 Å². The van der Waals surface area contributed by atoms with Crippen LogP contribution in [0.2, 0.25) is 0 Å². The van der Waals surface area contributed by atoms with E-state index in [9.17, 15) is 0 Å². The molecule has 146 valence electrons. The van der Waals surface area contributed by atoms with Crippen LogP contribution in [0.5, 0.6) is 11.5 Å². The molecule has 0 amide bonds. The van der Waals surface area contributed by atoms with E-state index >= 15 is 0 Å². The molecule has 0 aliphatic carbocycles. The van der Waals surface area contributed by atoms with E-state index in [1.807, 2.05) is 17.8 Å². The largest absolute Gasteiger partial charge is 0.493 e. The van der Waals surface area contributed by atoms with Crippen molar-refractivity contribution >= 4 is 11.8 Å². The minimum absolute atomic E-state index is 0.110. The van der Waals surface area contributed by atoms with Crippen molar-refractivity contribution in [2.45, 2.75) is 56.0 Å². The van der Waals surface area contributed by atoms with Crippen LogP contribution in [0.15, 0.2) is 47.4 Å². The van der Waals surface area contributed by atoms with Crippen molar-refractivity contribution in [2.75, 3.05) is 20.0 Å². The lowest BCUT2D eigenvalue weighted by molar-refractivity contribution is 0.297. The number of thioether (sulfide) groups is 1. The van der Waals surface area contributed by atoms with Gasteiger partial charge in [0.15, 0.2) is 11.5 Å². The molecule has 3 rings (SSSR count). The van der Waals surface area contributed by atoms with Crippen LogP contribution in [-0.4, -0.2) is 25.5 Å². The number of fused-ring (bicyclic) bond motifs is 1. The Balaban J connectivity index is 2.13. The Kier molecular flexibility index (Phi) is 6.72. The van der Waals surface area contributed by atoms with Crippen LogP contribution >= 0.6 is 11.8 Å². The number of benzene rings is 2. The predicted octanol–water partition coefficient (Wildman–Crippen LogP) is 5.83. The summed E-state index contributed by atoms with van der Waals surface area (Å²) >= 11 is 1.90. The van der Waals surface area contributed by atoms with E-state index in [4.69, 9.17) is 9.47 Å². The molecular formula is C23H31NO2S. The molecule has 1 aliphatic heterocycles. The third-order valence-electron chi connectivity index (χ3n) is 5.60. The van der Waals surface area contributed by atoms with E-state index in [2.05, 4.69) is 55.6 Å². The number of ether oxygens (including phenoxy) is 2. The maximum absolute atomic E-state index is 5.78. The first kappa shape index (κ1) is 20.1. The summed E-state index contributed by atoms with van der Waals surface area (Å²) in [5, 5.41) is 4.06. The number of rotatable bonds is 7. The maximum Gasteiger partial charge on any atom is 0.174 e. The van der Waals surface area contributed by atoms with Crippen molar-refractivity contribution < 1.29 is 9.47 Å². The fourth-order valence-electron chi connectivity index (χ4n) is 3.87. The number of hydrogen-bond acceptors (Lipinski definition) is 4. The number of methoxy groups -OCH3 is 2. The summed E-state index contributed by atoms with van der Waals surface area (Å²) in [7, 11) is 3.44. The van der Waals surface area contributed by atoms with Gasteiger partial charge in [-0.15, -0.1) is 11.8 Å². The molecule has 0 saturated carbocycles. The average molecular weight is 386 g/mol. The Morgan fingerprint density at radius 2 is 1.85 bits per heavy atom. The van der Waals surface area contributed by atoms with Crippen LogP contribution in [0.1, 0.15) is 56.7 Å². The molecule has 0 bridgehead atoms. The van der Waals surface area contributed by atoms with Crippen LogP contribution < -0.4 is 14.8 Å². The molecule has 27 heavy (non-hydrogen) atoms. The van der Waals surface area contributed by atoms with Crippen molar-refractivity contribution in [3.8, 4) is 11.5 Å². The summed E-state index contributed by atoms with van der Waals surface area (Å²) in [5.74, 6) is 2.68. The van der Waals surface area contributed by atoms with Crippen molar-refractivity contribution in [1.29, 1.82) is 0 Å². The van der Waals surface area contributed by atoms with Gasteiger partial charge in [-0.1, -0.05) is 63.1 Å². The Hall–Kier alpha value is -1.65. The SMILES string of the molecule is CCCCC1(CC)CSc2c(ccc(OC)c2OC)C(c2ccccc2)N1. The Labute approximate surface area is 167 Å². The minimum Gasteiger partial charge on any atom is -0.493 e. The number of unbranched alkanes of at least 4 members (excludes halogenated alkanes) is 1. The molecule has 0 aromatic heterocycles. The Morgan fingerprint density at radius 1 is 1.07 bits per heavy atom. The monoisotopic (exact) mass is 385 g/mol. The molecule has 0 fully saturated rings. The Morgan fingerprint density at radius 3 is 2.48 bits per heavy atom. The fraction of sp³-hybridized carbons (Fsp3) is 0.478. The fourth-order valence-corrected chi connectivity index (χ4v) is 5.39. The highest BCUT2D eigenvalue weighted by Crippen LogP contribution is 2.48. The van der Waals surface area contributed by atoms with Crippen molar-refractivity contribution in [2.24, 2.45) is 0 Å². The van der Waals surface area contributed by atoms with Crippen molar-refractivity contribution in [3.05, 3.63) is 53.6 Å². The lowest BCUT2D eigenvalue weighted by atomic mass is 9.88. The summed E-state index contributed by atoms with van der Waals surface area (Å²) in [4.78, 5) is 1.20. The summed E-state index contributed by atoms with van der Waals surface area (Å²) in [6.07, 6.45) is 4.74. The zero-order chi connectivity index (χ0) is 19.3. The predicted molar refractivity (Wildman–Crippen MR) is 114 cm³/mol. The number of nitrogens with one attached hydrogen (secondary N) is 1. The zero-order valence-corrected chi connectivity index (χ0v) is 17.7. The smallest absolute Gasteiger partial charge is 0.174 e. The van der Waals surface area contributed by atoms with Gasteiger partial charge in [-0.2, -0.15) is 0 Å². The second-order valence-corrected chi connectivity index (χ2v) is 8.22. The maximum atomic E-state index is 5.78. The summed E-state index contributed by atoms with van der Waals surface area (Å²) in [5.41, 5.74) is 2.68. The van der Waals surface area contributed by atoms with Crippen LogP contribution in [0.25, 0.3) is 0 Å². The van der Waals surface area contributed by atoms with Crippen molar-refractivity contribution in [1.82, 2.24) is 5.32 Å². The highest BCUT2D eigenvalue weighted by molar-refractivity contribution is 7.99. The molecule has 2 atom stereocenters. The van der Waals surface area contributed by atoms with Crippen LogP contribution in [0.4, 0.5) is 0 Å². The first-order valence-electron chi connectivity index (χ1n) is 9.88.